The number of benzene rings is 6. The molecule has 216 valence electrons. The number of hydrogen-bond donors (Lipinski definition) is 0. The highest BCUT2D eigenvalue weighted by Gasteiger charge is 2.05. The van der Waals surface area contributed by atoms with E-state index in [9.17, 15) is 4.79 Å². The predicted molar refractivity (Wildman–Crippen MR) is 178 cm³/mol. The van der Waals surface area contributed by atoms with Crippen molar-refractivity contribution in [2.24, 2.45) is 0 Å². The molecule has 0 unspecified atom stereocenters. The van der Waals surface area contributed by atoms with E-state index in [2.05, 4.69) is 79.7 Å². The lowest BCUT2D eigenvalue weighted by Crippen LogP contribution is -1.90. The van der Waals surface area contributed by atoms with Crippen LogP contribution in [0.25, 0.3) is 33.4 Å². The zero-order valence-electron chi connectivity index (χ0n) is 24.7. The zero-order chi connectivity index (χ0) is 30.9. The molecule has 0 fully saturated rings. The van der Waals surface area contributed by atoms with Gasteiger partial charge in [-0.15, -0.1) is 0 Å². The summed E-state index contributed by atoms with van der Waals surface area (Å²) in [6, 6.07) is 48.5. The molecule has 0 heterocycles. The number of carbonyl (C=O) groups excluding carboxylic acids is 2. The molecule has 0 aliphatic rings. The molecule has 0 radical (unpaired) electrons. The second-order valence-corrected chi connectivity index (χ2v) is 10.3. The molecule has 0 aromatic heterocycles. The maximum Gasteiger partial charge on any atom is 0.159 e. The highest BCUT2D eigenvalue weighted by atomic mass is 16.5. The van der Waals surface area contributed by atoms with E-state index in [0.29, 0.717) is 0 Å². The summed E-state index contributed by atoms with van der Waals surface area (Å²) in [7, 11) is 0. The molecule has 6 aromatic carbocycles. The third kappa shape index (κ3) is 7.36. The van der Waals surface area contributed by atoms with Gasteiger partial charge in [-0.1, -0.05) is 103 Å². The minimum Gasteiger partial charge on any atom is -0.457 e. The van der Waals surface area contributed by atoms with Crippen LogP contribution in [0.2, 0.25) is 0 Å². The van der Waals surface area contributed by atoms with Gasteiger partial charge in [0.2, 0.25) is 0 Å². The molecule has 6 rings (SSSR count). The van der Waals surface area contributed by atoms with Crippen LogP contribution in [0.15, 0.2) is 146 Å². The summed E-state index contributed by atoms with van der Waals surface area (Å²) >= 11 is 0. The van der Waals surface area contributed by atoms with Gasteiger partial charge in [0.1, 0.15) is 29.8 Å². The number of ketones is 1. The van der Waals surface area contributed by atoms with Crippen LogP contribution in [0.3, 0.4) is 0 Å². The summed E-state index contributed by atoms with van der Waals surface area (Å²) in [6.45, 7) is 5.67. The summed E-state index contributed by atoms with van der Waals surface area (Å²) in [5, 5.41) is 0. The SMILES string of the molecule is C=O.CC(=O)c1ccc(-c2ccc(-c3ccc(Oc4ccc(Oc5ccc(-c6ccc(C)cc6)cc5)cc4)cc3)cc2)cc1. The van der Waals surface area contributed by atoms with Crippen LogP contribution in [-0.2, 0) is 4.79 Å². The summed E-state index contributed by atoms with van der Waals surface area (Å²) in [5.41, 5.74) is 8.75. The fourth-order valence-electron chi connectivity index (χ4n) is 4.78. The third-order valence-corrected chi connectivity index (χ3v) is 7.23. The normalized spacial score (nSPS) is 10.3. The van der Waals surface area contributed by atoms with Gasteiger partial charge in [-0.05, 0) is 95.8 Å². The third-order valence-electron chi connectivity index (χ3n) is 7.23. The van der Waals surface area contributed by atoms with Gasteiger partial charge in [0, 0.05) is 5.56 Å². The molecule has 0 N–H and O–H groups in total. The summed E-state index contributed by atoms with van der Waals surface area (Å²) in [6.07, 6.45) is 0. The van der Waals surface area contributed by atoms with Crippen LogP contribution >= 0.6 is 0 Å². The van der Waals surface area contributed by atoms with Crippen molar-refractivity contribution in [3.8, 4) is 56.4 Å². The van der Waals surface area contributed by atoms with E-state index in [0.717, 1.165) is 56.4 Å². The quantitative estimate of drug-likeness (QED) is 0.169. The molecular formula is C40H32O4. The monoisotopic (exact) mass is 576 g/mol. The maximum atomic E-state index is 11.5. The summed E-state index contributed by atoms with van der Waals surface area (Å²) in [5.74, 6) is 3.12. The van der Waals surface area contributed by atoms with E-state index in [4.69, 9.17) is 14.3 Å². The van der Waals surface area contributed by atoms with E-state index < -0.39 is 0 Å². The van der Waals surface area contributed by atoms with E-state index in [1.807, 2.05) is 79.6 Å². The van der Waals surface area contributed by atoms with Crippen molar-refractivity contribution < 1.29 is 19.1 Å². The first kappa shape index (κ1) is 29.7. The lowest BCUT2D eigenvalue weighted by molar-refractivity contribution is -0.0980. The molecule has 0 atom stereocenters. The lowest BCUT2D eigenvalue weighted by Gasteiger charge is -2.10. The van der Waals surface area contributed by atoms with E-state index >= 15 is 0 Å². The zero-order valence-corrected chi connectivity index (χ0v) is 24.7. The van der Waals surface area contributed by atoms with Gasteiger partial charge < -0.3 is 14.3 Å². The lowest BCUT2D eigenvalue weighted by atomic mass is 9.99. The van der Waals surface area contributed by atoms with Gasteiger partial charge in [-0.3, -0.25) is 4.79 Å². The maximum absolute atomic E-state index is 11.5. The van der Waals surface area contributed by atoms with Crippen molar-refractivity contribution in [3.63, 3.8) is 0 Å². The standard InChI is InChI=1S/C39H30O3.CH2O/c1-27-3-5-30(6-4-27)34-15-19-36(20-16-34)41-38-23-25-39(26-24-38)42-37-21-17-35(18-22-37)33-13-11-32(12-14-33)31-9-7-29(8-10-31)28(2)40;1-2/h3-26H,1-2H3;1H2. The molecule has 0 amide bonds. The van der Waals surface area contributed by atoms with Crippen LogP contribution in [0, 0.1) is 6.92 Å². The van der Waals surface area contributed by atoms with Crippen LogP contribution in [-0.4, -0.2) is 12.6 Å². The number of ether oxygens (including phenoxy) is 2. The van der Waals surface area contributed by atoms with Gasteiger partial charge in [0.15, 0.2) is 5.78 Å². The average molecular weight is 577 g/mol. The molecule has 6 aromatic rings. The molecule has 4 nitrogen and oxygen atoms in total. The van der Waals surface area contributed by atoms with Crippen molar-refractivity contribution in [1.82, 2.24) is 0 Å². The molecule has 0 aliphatic carbocycles. The number of Topliss-reactive ketones (excluding diaryl/α,β-unsaturated/α-hetero) is 1. The number of carbonyl (C=O) groups is 2. The Morgan fingerprint density at radius 1 is 0.409 bits per heavy atom. The van der Waals surface area contributed by atoms with Gasteiger partial charge in [0.05, 0.1) is 0 Å². The molecule has 0 bridgehead atoms. The largest absolute Gasteiger partial charge is 0.457 e. The van der Waals surface area contributed by atoms with Crippen molar-refractivity contribution in [2.45, 2.75) is 13.8 Å². The van der Waals surface area contributed by atoms with Crippen molar-refractivity contribution in [1.29, 1.82) is 0 Å². The molecular weight excluding hydrogens is 544 g/mol. The molecule has 0 aliphatic heterocycles. The fourth-order valence-corrected chi connectivity index (χ4v) is 4.78. The highest BCUT2D eigenvalue weighted by Crippen LogP contribution is 2.31. The Hall–Kier alpha value is -5.74. The first-order valence-electron chi connectivity index (χ1n) is 14.2. The number of hydrogen-bond acceptors (Lipinski definition) is 4. The molecule has 0 saturated heterocycles. The molecule has 44 heavy (non-hydrogen) atoms. The Labute approximate surface area is 258 Å². The van der Waals surface area contributed by atoms with Crippen LogP contribution < -0.4 is 9.47 Å². The van der Waals surface area contributed by atoms with Gasteiger partial charge >= 0.3 is 0 Å². The van der Waals surface area contributed by atoms with Crippen LogP contribution in [0.4, 0.5) is 0 Å². The Morgan fingerprint density at radius 2 is 0.636 bits per heavy atom. The Kier molecular flexibility index (Phi) is 9.43. The van der Waals surface area contributed by atoms with Gasteiger partial charge in [-0.25, -0.2) is 0 Å². The van der Waals surface area contributed by atoms with Crippen LogP contribution in [0.1, 0.15) is 22.8 Å². The van der Waals surface area contributed by atoms with Gasteiger partial charge in [0.25, 0.3) is 0 Å². The van der Waals surface area contributed by atoms with Crippen molar-refractivity contribution in [3.05, 3.63) is 157 Å². The smallest absolute Gasteiger partial charge is 0.159 e. The molecule has 0 saturated carbocycles. The minimum atomic E-state index is 0.0754. The second-order valence-electron chi connectivity index (χ2n) is 10.3. The Bertz CT molecular complexity index is 1800. The second kappa shape index (κ2) is 14.0. The predicted octanol–water partition coefficient (Wildman–Crippen LogP) is 10.6. The molecule has 4 heteroatoms. The first-order valence-corrected chi connectivity index (χ1v) is 14.2. The number of aryl methyl sites for hydroxylation is 1. The van der Waals surface area contributed by atoms with Crippen LogP contribution in [0.5, 0.6) is 23.0 Å². The Morgan fingerprint density at radius 3 is 0.932 bits per heavy atom. The first-order chi connectivity index (χ1) is 21.5. The average Bonchev–Trinajstić information content (AvgIpc) is 3.08. The fraction of sp³-hybridized carbons (Fsp3) is 0.0500. The Balaban J connectivity index is 0.00000188. The van der Waals surface area contributed by atoms with Crippen molar-refractivity contribution >= 4 is 12.6 Å². The van der Waals surface area contributed by atoms with E-state index in [1.54, 1.807) is 6.92 Å². The summed E-state index contributed by atoms with van der Waals surface area (Å²) in [4.78, 5) is 19.5. The van der Waals surface area contributed by atoms with E-state index in [1.165, 1.54) is 11.1 Å². The van der Waals surface area contributed by atoms with Crippen molar-refractivity contribution in [2.75, 3.05) is 0 Å². The van der Waals surface area contributed by atoms with E-state index in [-0.39, 0.29) is 5.78 Å². The van der Waals surface area contributed by atoms with Gasteiger partial charge in [-0.2, -0.15) is 0 Å². The number of rotatable bonds is 8. The topological polar surface area (TPSA) is 52.6 Å². The highest BCUT2D eigenvalue weighted by molar-refractivity contribution is 5.94. The minimum absolute atomic E-state index is 0.0754. The summed E-state index contributed by atoms with van der Waals surface area (Å²) < 4.78 is 12.1. The molecule has 0 spiro atoms.